The second-order valence-electron chi connectivity index (χ2n) is 3.40. The van der Waals surface area contributed by atoms with Gasteiger partial charge in [-0.05, 0) is 6.42 Å². The number of hydrogen-bond donors (Lipinski definition) is 3. The highest BCUT2D eigenvalue weighted by atomic mass is 19.4. The summed E-state index contributed by atoms with van der Waals surface area (Å²) in [7, 11) is 0. The van der Waals surface area contributed by atoms with Gasteiger partial charge in [-0.15, -0.1) is 0 Å². The summed E-state index contributed by atoms with van der Waals surface area (Å²) in [6.45, 7) is 0.0938. The molecule has 0 unspecified atom stereocenters. The number of nitrogens with zero attached hydrogens (tertiary/aromatic N) is 1. The van der Waals surface area contributed by atoms with E-state index in [1.54, 1.807) is 0 Å². The van der Waals surface area contributed by atoms with Crippen molar-refractivity contribution in [1.82, 2.24) is 9.97 Å². The highest BCUT2D eigenvalue weighted by Gasteiger charge is 2.33. The normalized spacial score (nSPS) is 11.3. The molecule has 18 heavy (non-hydrogen) atoms. The van der Waals surface area contributed by atoms with E-state index in [0.29, 0.717) is 6.07 Å². The van der Waals surface area contributed by atoms with Crippen LogP contribution in [-0.4, -0.2) is 27.6 Å². The van der Waals surface area contributed by atoms with Crippen molar-refractivity contribution in [2.75, 3.05) is 11.9 Å². The quantitative estimate of drug-likeness (QED) is 0.692. The standard InChI is InChI=1S/C9H10F3N3O3/c10-9(11,12)5-4-6(16)15-8(14-5)13-3-1-2-7(17)18/h4H,1-3H2,(H,17,18)(H2,13,14,15,16). The minimum absolute atomic E-state index is 0.0938. The average molecular weight is 265 g/mol. The van der Waals surface area contributed by atoms with E-state index in [9.17, 15) is 22.8 Å². The lowest BCUT2D eigenvalue weighted by Gasteiger charge is -2.08. The van der Waals surface area contributed by atoms with Crippen LogP contribution in [0, 0.1) is 0 Å². The molecule has 0 aliphatic rings. The molecule has 1 heterocycles. The number of hydrogen-bond acceptors (Lipinski definition) is 4. The van der Waals surface area contributed by atoms with E-state index in [0.717, 1.165) is 0 Å². The highest BCUT2D eigenvalue weighted by molar-refractivity contribution is 5.66. The maximum atomic E-state index is 12.3. The van der Waals surface area contributed by atoms with Gasteiger partial charge in [0.15, 0.2) is 5.69 Å². The van der Waals surface area contributed by atoms with Gasteiger partial charge in [-0.3, -0.25) is 14.6 Å². The molecule has 0 aliphatic heterocycles. The van der Waals surface area contributed by atoms with Crippen molar-refractivity contribution < 1.29 is 23.1 Å². The molecule has 0 fully saturated rings. The monoisotopic (exact) mass is 265 g/mol. The molecule has 1 rings (SSSR count). The van der Waals surface area contributed by atoms with Gasteiger partial charge >= 0.3 is 12.1 Å². The van der Waals surface area contributed by atoms with Crippen LogP contribution in [0.2, 0.25) is 0 Å². The van der Waals surface area contributed by atoms with Crippen LogP contribution in [0.4, 0.5) is 19.1 Å². The maximum Gasteiger partial charge on any atom is 0.433 e. The fourth-order valence-electron chi connectivity index (χ4n) is 1.13. The van der Waals surface area contributed by atoms with E-state index < -0.39 is 23.4 Å². The third kappa shape index (κ3) is 4.44. The summed E-state index contributed by atoms with van der Waals surface area (Å²) in [6, 6.07) is 0.350. The van der Waals surface area contributed by atoms with Gasteiger partial charge in [0.2, 0.25) is 5.95 Å². The largest absolute Gasteiger partial charge is 0.481 e. The first-order chi connectivity index (χ1) is 8.29. The van der Waals surface area contributed by atoms with Crippen LogP contribution >= 0.6 is 0 Å². The molecule has 0 radical (unpaired) electrons. The van der Waals surface area contributed by atoms with Gasteiger partial charge in [-0.1, -0.05) is 0 Å². The van der Waals surface area contributed by atoms with Crippen LogP contribution in [0.3, 0.4) is 0 Å². The molecule has 0 atom stereocenters. The number of carboxylic acid groups (broad SMARTS) is 1. The molecule has 0 amide bonds. The summed E-state index contributed by atoms with van der Waals surface area (Å²) in [6.07, 6.45) is -4.63. The van der Waals surface area contributed by atoms with Gasteiger partial charge in [-0.25, -0.2) is 4.98 Å². The first kappa shape index (κ1) is 14.0. The molecule has 0 saturated carbocycles. The number of halogens is 3. The number of anilines is 1. The molecule has 0 bridgehead atoms. The summed E-state index contributed by atoms with van der Waals surface area (Å²) >= 11 is 0. The molecule has 9 heteroatoms. The van der Waals surface area contributed by atoms with Gasteiger partial charge in [0.25, 0.3) is 5.56 Å². The van der Waals surface area contributed by atoms with Crippen molar-refractivity contribution >= 4 is 11.9 Å². The molecule has 0 saturated heterocycles. The third-order valence-electron chi connectivity index (χ3n) is 1.89. The number of aromatic nitrogens is 2. The summed E-state index contributed by atoms with van der Waals surface area (Å²) < 4.78 is 37.0. The Morgan fingerprint density at radius 3 is 2.72 bits per heavy atom. The third-order valence-corrected chi connectivity index (χ3v) is 1.89. The van der Waals surface area contributed by atoms with E-state index in [4.69, 9.17) is 5.11 Å². The first-order valence-corrected chi connectivity index (χ1v) is 4.93. The Morgan fingerprint density at radius 2 is 2.17 bits per heavy atom. The molecule has 0 spiro atoms. The summed E-state index contributed by atoms with van der Waals surface area (Å²) in [5, 5.41) is 10.8. The van der Waals surface area contributed by atoms with Gasteiger partial charge in [0.1, 0.15) is 0 Å². The fraction of sp³-hybridized carbons (Fsp3) is 0.444. The molecule has 0 aliphatic carbocycles. The van der Waals surface area contributed by atoms with Crippen molar-refractivity contribution in [2.45, 2.75) is 19.0 Å². The topological polar surface area (TPSA) is 95.1 Å². The summed E-state index contributed by atoms with van der Waals surface area (Å²) in [5.74, 6) is -1.34. The van der Waals surface area contributed by atoms with Crippen LogP contribution in [-0.2, 0) is 11.0 Å². The van der Waals surface area contributed by atoms with Crippen LogP contribution in [0.5, 0.6) is 0 Å². The minimum Gasteiger partial charge on any atom is -0.481 e. The lowest BCUT2D eigenvalue weighted by Crippen LogP contribution is -2.19. The fourth-order valence-corrected chi connectivity index (χ4v) is 1.13. The van der Waals surface area contributed by atoms with Crippen LogP contribution in [0.1, 0.15) is 18.5 Å². The molecule has 100 valence electrons. The number of nitrogens with one attached hydrogen (secondary N) is 2. The zero-order chi connectivity index (χ0) is 13.8. The van der Waals surface area contributed by atoms with Gasteiger partial charge in [0, 0.05) is 19.0 Å². The van der Waals surface area contributed by atoms with Gasteiger partial charge in [0.05, 0.1) is 0 Å². The zero-order valence-electron chi connectivity index (χ0n) is 9.04. The Hall–Kier alpha value is -2.06. The number of carboxylic acids is 1. The lowest BCUT2D eigenvalue weighted by molar-refractivity contribution is -0.141. The average Bonchev–Trinajstić information content (AvgIpc) is 2.22. The van der Waals surface area contributed by atoms with Gasteiger partial charge in [-0.2, -0.15) is 13.2 Å². The van der Waals surface area contributed by atoms with Crippen LogP contribution in [0.25, 0.3) is 0 Å². The number of aliphatic carboxylic acids is 1. The van der Waals surface area contributed by atoms with Crippen LogP contribution in [0.15, 0.2) is 10.9 Å². The van der Waals surface area contributed by atoms with E-state index in [1.165, 1.54) is 0 Å². The van der Waals surface area contributed by atoms with E-state index in [2.05, 4.69) is 15.3 Å². The summed E-state index contributed by atoms with van der Waals surface area (Å²) in [5.41, 5.74) is -2.23. The lowest BCUT2D eigenvalue weighted by atomic mass is 10.3. The minimum atomic E-state index is -4.70. The van der Waals surface area contributed by atoms with Crippen molar-refractivity contribution in [3.8, 4) is 0 Å². The number of H-pyrrole nitrogens is 1. The number of aromatic amines is 1. The van der Waals surface area contributed by atoms with Crippen molar-refractivity contribution in [1.29, 1.82) is 0 Å². The Labute approximate surface area is 98.9 Å². The van der Waals surface area contributed by atoms with E-state index in [1.807, 2.05) is 0 Å². The highest BCUT2D eigenvalue weighted by Crippen LogP contribution is 2.26. The number of alkyl halides is 3. The van der Waals surface area contributed by atoms with Crippen molar-refractivity contribution in [3.63, 3.8) is 0 Å². The second kappa shape index (κ2) is 5.52. The molecule has 6 nitrogen and oxygen atoms in total. The van der Waals surface area contributed by atoms with E-state index >= 15 is 0 Å². The zero-order valence-corrected chi connectivity index (χ0v) is 9.04. The molecule has 1 aromatic rings. The predicted molar refractivity (Wildman–Crippen MR) is 55.2 cm³/mol. The molecular formula is C9H10F3N3O3. The SMILES string of the molecule is O=C(O)CCCNc1nc(C(F)(F)F)cc(=O)[nH]1. The maximum absolute atomic E-state index is 12.3. The summed E-state index contributed by atoms with van der Waals surface area (Å²) in [4.78, 5) is 26.4. The van der Waals surface area contributed by atoms with Crippen molar-refractivity contribution in [3.05, 3.63) is 22.1 Å². The molecule has 3 N–H and O–H groups in total. The Kier molecular flexibility index (Phi) is 4.29. The second-order valence-corrected chi connectivity index (χ2v) is 3.40. The Balaban J connectivity index is 2.69. The van der Waals surface area contributed by atoms with Crippen LogP contribution < -0.4 is 10.9 Å². The van der Waals surface area contributed by atoms with Crippen molar-refractivity contribution in [2.24, 2.45) is 0 Å². The Morgan fingerprint density at radius 1 is 1.50 bits per heavy atom. The molecular weight excluding hydrogens is 255 g/mol. The van der Waals surface area contributed by atoms with E-state index in [-0.39, 0.29) is 25.3 Å². The first-order valence-electron chi connectivity index (χ1n) is 4.93. The number of rotatable bonds is 5. The smallest absolute Gasteiger partial charge is 0.433 e. The predicted octanol–water partition coefficient (Wildman–Crippen LogP) is 1.07. The molecule has 0 aromatic carbocycles. The van der Waals surface area contributed by atoms with Gasteiger partial charge < -0.3 is 10.4 Å². The number of carbonyl (C=O) groups is 1. The Bertz CT molecular complexity index is 484. The molecule has 1 aromatic heterocycles.